The fourth-order valence-electron chi connectivity index (χ4n) is 4.20. The molecule has 2 aliphatic rings. The minimum Gasteiger partial charge on any atom is -0.390 e. The van der Waals surface area contributed by atoms with Gasteiger partial charge in [0.1, 0.15) is 6.10 Å². The zero-order valence-corrected chi connectivity index (χ0v) is 16.1. The molecule has 0 spiro atoms. The van der Waals surface area contributed by atoms with Gasteiger partial charge in [0.15, 0.2) is 5.11 Å². The molecule has 5 atom stereocenters. The summed E-state index contributed by atoms with van der Waals surface area (Å²) in [7, 11) is 0. The van der Waals surface area contributed by atoms with Crippen LogP contribution in [-0.2, 0) is 11.3 Å². The quantitative estimate of drug-likeness (QED) is 0.667. The largest absolute Gasteiger partial charge is 0.390 e. The van der Waals surface area contributed by atoms with E-state index < -0.39 is 36.1 Å². The van der Waals surface area contributed by atoms with E-state index in [2.05, 4.69) is 0 Å². The van der Waals surface area contributed by atoms with E-state index in [1.165, 1.54) is 0 Å². The lowest BCUT2D eigenvalue weighted by molar-refractivity contribution is -0.129. The molecule has 6 nitrogen and oxygen atoms in total. The van der Waals surface area contributed by atoms with Gasteiger partial charge in [-0.3, -0.25) is 4.79 Å². The molecule has 1 saturated heterocycles. The second kappa shape index (κ2) is 7.20. The number of aliphatic hydroxyl groups is 2. The molecule has 1 aliphatic heterocycles. The maximum Gasteiger partial charge on any atom is 0.222 e. The number of thiophene rings is 1. The highest BCUT2D eigenvalue weighted by atomic mass is 32.1. The Balaban J connectivity index is 1.79. The number of primary amides is 1. The highest BCUT2D eigenvalue weighted by Gasteiger charge is 2.56. The fourth-order valence-corrected chi connectivity index (χ4v) is 5.32. The SMILES string of the molecule is NC(=O)[C@@H]1C[C@@H](O)[C@H](O)[C@H]2[C@@H]1N(c1ccccc1)C(=S)N2Cc1cccs1. The Morgan fingerprint density at radius 3 is 2.56 bits per heavy atom. The fraction of sp³-hybridized carbons (Fsp3) is 0.368. The van der Waals surface area contributed by atoms with Crippen molar-refractivity contribution in [1.29, 1.82) is 0 Å². The number of carbonyl (C=O) groups excluding carboxylic acids is 1. The third kappa shape index (κ3) is 3.12. The number of hydrogen-bond acceptors (Lipinski definition) is 5. The second-order valence-corrected chi connectivity index (χ2v) is 8.38. The topological polar surface area (TPSA) is 90.0 Å². The van der Waals surface area contributed by atoms with Crippen molar-refractivity contribution in [2.75, 3.05) is 4.90 Å². The van der Waals surface area contributed by atoms with E-state index in [0.29, 0.717) is 11.7 Å². The van der Waals surface area contributed by atoms with Gasteiger partial charge in [0.2, 0.25) is 5.91 Å². The molecule has 0 radical (unpaired) electrons. The van der Waals surface area contributed by atoms with Gasteiger partial charge in [-0.2, -0.15) is 0 Å². The van der Waals surface area contributed by atoms with E-state index in [1.54, 1.807) is 11.3 Å². The zero-order chi connectivity index (χ0) is 19.1. The number of nitrogens with two attached hydrogens (primary N) is 1. The van der Waals surface area contributed by atoms with Crippen molar-refractivity contribution >= 4 is 40.3 Å². The predicted molar refractivity (Wildman–Crippen MR) is 108 cm³/mol. The molecule has 1 saturated carbocycles. The molecule has 2 aromatic rings. The minimum atomic E-state index is -1.02. The van der Waals surface area contributed by atoms with Crippen LogP contribution in [0, 0.1) is 5.92 Å². The number of benzene rings is 1. The van der Waals surface area contributed by atoms with Gasteiger partial charge >= 0.3 is 0 Å². The molecule has 1 aromatic carbocycles. The summed E-state index contributed by atoms with van der Waals surface area (Å²) in [6, 6.07) is 12.6. The Hall–Kier alpha value is -2.00. The Bertz CT molecular complexity index is 830. The van der Waals surface area contributed by atoms with Crippen LogP contribution < -0.4 is 10.6 Å². The van der Waals surface area contributed by atoms with Gasteiger partial charge in [0.05, 0.1) is 30.7 Å². The molecule has 0 bridgehead atoms. The van der Waals surface area contributed by atoms with E-state index in [9.17, 15) is 15.0 Å². The Labute approximate surface area is 166 Å². The smallest absolute Gasteiger partial charge is 0.222 e. The summed E-state index contributed by atoms with van der Waals surface area (Å²) in [5.41, 5.74) is 6.53. The van der Waals surface area contributed by atoms with E-state index in [1.807, 2.05) is 57.6 Å². The summed E-state index contributed by atoms with van der Waals surface area (Å²) in [5.74, 6) is -1.10. The van der Waals surface area contributed by atoms with Gasteiger partial charge in [0.25, 0.3) is 0 Å². The number of rotatable bonds is 4. The second-order valence-electron chi connectivity index (χ2n) is 6.98. The number of hydrogen-bond donors (Lipinski definition) is 3. The maximum absolute atomic E-state index is 12.2. The number of fused-ring (bicyclic) bond motifs is 1. The lowest BCUT2D eigenvalue weighted by Crippen LogP contribution is -2.60. The van der Waals surface area contributed by atoms with Gasteiger partial charge in [-0.05, 0) is 42.2 Å². The molecule has 2 fully saturated rings. The van der Waals surface area contributed by atoms with Crippen molar-refractivity contribution in [3.05, 3.63) is 52.7 Å². The molecule has 1 amide bonds. The molecule has 1 aromatic heterocycles. The molecular weight excluding hydrogens is 382 g/mol. The number of nitrogens with zero attached hydrogens (tertiary/aromatic N) is 2. The van der Waals surface area contributed by atoms with Crippen LogP contribution in [0.5, 0.6) is 0 Å². The highest BCUT2D eigenvalue weighted by molar-refractivity contribution is 7.80. The van der Waals surface area contributed by atoms with E-state index in [4.69, 9.17) is 18.0 Å². The van der Waals surface area contributed by atoms with Crippen LogP contribution >= 0.6 is 23.6 Å². The summed E-state index contributed by atoms with van der Waals surface area (Å²) < 4.78 is 0. The number of anilines is 1. The lowest BCUT2D eigenvalue weighted by Gasteiger charge is -2.42. The first-order chi connectivity index (χ1) is 13.0. The highest BCUT2D eigenvalue weighted by Crippen LogP contribution is 2.41. The summed E-state index contributed by atoms with van der Waals surface area (Å²) in [5, 5.41) is 23.7. The van der Waals surface area contributed by atoms with Gasteiger partial charge in [-0.1, -0.05) is 24.3 Å². The number of aliphatic hydroxyl groups excluding tert-OH is 2. The minimum absolute atomic E-state index is 0.121. The molecule has 2 heterocycles. The Kier molecular flexibility index (Phi) is 4.90. The van der Waals surface area contributed by atoms with Crippen molar-refractivity contribution in [3.63, 3.8) is 0 Å². The molecule has 4 rings (SSSR count). The van der Waals surface area contributed by atoms with Gasteiger partial charge in [-0.25, -0.2) is 0 Å². The van der Waals surface area contributed by atoms with Crippen molar-refractivity contribution in [3.8, 4) is 0 Å². The first-order valence-corrected chi connectivity index (χ1v) is 10.1. The summed E-state index contributed by atoms with van der Waals surface area (Å²) in [6.45, 7) is 0.510. The number of amides is 1. The van der Waals surface area contributed by atoms with Crippen molar-refractivity contribution in [2.45, 2.75) is 37.3 Å². The molecule has 1 aliphatic carbocycles. The van der Waals surface area contributed by atoms with Crippen LogP contribution in [0.2, 0.25) is 0 Å². The van der Waals surface area contributed by atoms with Crippen LogP contribution in [0.1, 0.15) is 11.3 Å². The third-order valence-corrected chi connectivity index (χ3v) is 6.71. The standard InChI is InChI=1S/C19H21N3O3S2/c20-18(25)13-9-14(23)17(24)16-15(13)22(11-5-2-1-3-6-11)19(26)21(16)10-12-7-4-8-27-12/h1-8,13-17,23-24H,9-10H2,(H2,20,25)/t13-,14-,15-,16-,17+/m1/s1. The van der Waals surface area contributed by atoms with Crippen molar-refractivity contribution in [1.82, 2.24) is 4.90 Å². The van der Waals surface area contributed by atoms with Crippen LogP contribution in [0.25, 0.3) is 0 Å². The van der Waals surface area contributed by atoms with Gasteiger partial charge in [0, 0.05) is 10.6 Å². The van der Waals surface area contributed by atoms with Gasteiger partial charge < -0.3 is 25.7 Å². The van der Waals surface area contributed by atoms with Crippen LogP contribution in [0.4, 0.5) is 5.69 Å². The number of carbonyl (C=O) groups is 1. The summed E-state index contributed by atoms with van der Waals surface area (Å²) >= 11 is 7.38. The summed E-state index contributed by atoms with van der Waals surface area (Å²) in [4.78, 5) is 17.1. The Morgan fingerprint density at radius 1 is 1.19 bits per heavy atom. The predicted octanol–water partition coefficient (Wildman–Crippen LogP) is 1.32. The van der Waals surface area contributed by atoms with E-state index in [0.717, 1.165) is 10.6 Å². The Morgan fingerprint density at radius 2 is 1.93 bits per heavy atom. The normalized spacial score (nSPS) is 30.4. The molecule has 4 N–H and O–H groups in total. The first-order valence-electron chi connectivity index (χ1n) is 8.81. The van der Waals surface area contributed by atoms with Crippen LogP contribution in [0.15, 0.2) is 47.8 Å². The average Bonchev–Trinajstić information content (AvgIpc) is 3.26. The van der Waals surface area contributed by atoms with Crippen molar-refractivity contribution in [2.24, 2.45) is 11.7 Å². The first kappa shape index (κ1) is 18.4. The zero-order valence-electron chi connectivity index (χ0n) is 14.5. The van der Waals surface area contributed by atoms with Crippen LogP contribution in [-0.4, -0.2) is 50.4 Å². The van der Waals surface area contributed by atoms with Crippen LogP contribution in [0.3, 0.4) is 0 Å². The summed E-state index contributed by atoms with van der Waals surface area (Å²) in [6.07, 6.45) is -1.92. The molecule has 27 heavy (non-hydrogen) atoms. The average molecular weight is 404 g/mol. The van der Waals surface area contributed by atoms with E-state index >= 15 is 0 Å². The molecule has 0 unspecified atom stereocenters. The maximum atomic E-state index is 12.2. The van der Waals surface area contributed by atoms with E-state index in [-0.39, 0.29) is 6.42 Å². The van der Waals surface area contributed by atoms with Gasteiger partial charge in [-0.15, -0.1) is 11.3 Å². The third-order valence-electron chi connectivity index (χ3n) is 5.42. The molecular formula is C19H21N3O3S2. The number of para-hydroxylation sites is 1. The lowest BCUT2D eigenvalue weighted by atomic mass is 9.77. The molecule has 8 heteroatoms. The van der Waals surface area contributed by atoms with Crippen molar-refractivity contribution < 1.29 is 15.0 Å². The molecule has 142 valence electrons. The monoisotopic (exact) mass is 403 g/mol. The number of thiocarbonyl (C=S) groups is 1.